The van der Waals surface area contributed by atoms with Gasteiger partial charge in [0, 0.05) is 26.2 Å². The molecule has 1 heterocycles. The summed E-state index contributed by atoms with van der Waals surface area (Å²) in [5.74, 6) is 1.46. The molecule has 0 aliphatic rings. The van der Waals surface area contributed by atoms with E-state index in [9.17, 15) is 0 Å². The van der Waals surface area contributed by atoms with Crippen molar-refractivity contribution in [3.63, 3.8) is 0 Å². The van der Waals surface area contributed by atoms with Gasteiger partial charge in [-0.3, -0.25) is 0 Å². The summed E-state index contributed by atoms with van der Waals surface area (Å²) in [5.41, 5.74) is 5.98. The van der Waals surface area contributed by atoms with E-state index in [1.54, 1.807) is 13.4 Å². The van der Waals surface area contributed by atoms with E-state index in [0.717, 1.165) is 25.2 Å². The lowest BCUT2D eigenvalue weighted by molar-refractivity contribution is 0.151. The maximum Gasteiger partial charge on any atom is 0.105 e. The SMILES string of the molecule is COCC(C)CC(N)Cc1ccco1. The van der Waals surface area contributed by atoms with Crippen LogP contribution in [0.5, 0.6) is 0 Å². The van der Waals surface area contributed by atoms with Gasteiger partial charge in [0.25, 0.3) is 0 Å². The summed E-state index contributed by atoms with van der Waals surface area (Å²) in [7, 11) is 1.72. The third kappa shape index (κ3) is 3.94. The minimum absolute atomic E-state index is 0.159. The molecule has 0 bridgehead atoms. The zero-order valence-corrected chi connectivity index (χ0v) is 8.90. The first kappa shape index (κ1) is 11.3. The smallest absolute Gasteiger partial charge is 0.105 e. The Kier molecular flexibility index (Phi) is 4.70. The molecule has 1 aromatic heterocycles. The van der Waals surface area contributed by atoms with Crippen LogP contribution in [0, 0.1) is 5.92 Å². The average molecular weight is 197 g/mol. The maximum atomic E-state index is 5.98. The lowest BCUT2D eigenvalue weighted by Crippen LogP contribution is -2.26. The third-order valence-electron chi connectivity index (χ3n) is 2.20. The minimum Gasteiger partial charge on any atom is -0.469 e. The number of hydrogen-bond donors (Lipinski definition) is 1. The van der Waals surface area contributed by atoms with Gasteiger partial charge in [-0.2, -0.15) is 0 Å². The Labute approximate surface area is 85.2 Å². The molecule has 0 saturated heterocycles. The standard InChI is InChI=1S/C11H19NO2/c1-9(8-13-2)6-10(12)7-11-4-3-5-14-11/h3-5,9-10H,6-8,12H2,1-2H3. The van der Waals surface area contributed by atoms with E-state index in [2.05, 4.69) is 6.92 Å². The Morgan fingerprint density at radius 1 is 1.57 bits per heavy atom. The van der Waals surface area contributed by atoms with Crippen LogP contribution in [0.1, 0.15) is 19.1 Å². The normalized spacial score (nSPS) is 15.4. The molecule has 1 aromatic rings. The summed E-state index contributed by atoms with van der Waals surface area (Å²) in [5, 5.41) is 0. The number of methoxy groups -OCH3 is 1. The molecule has 0 fully saturated rings. The number of hydrogen-bond acceptors (Lipinski definition) is 3. The van der Waals surface area contributed by atoms with Gasteiger partial charge in [-0.25, -0.2) is 0 Å². The van der Waals surface area contributed by atoms with Crippen LogP contribution in [0.2, 0.25) is 0 Å². The molecule has 0 aliphatic carbocycles. The van der Waals surface area contributed by atoms with Crippen LogP contribution in [0.4, 0.5) is 0 Å². The highest BCUT2D eigenvalue weighted by Crippen LogP contribution is 2.10. The van der Waals surface area contributed by atoms with Crippen LogP contribution in [-0.2, 0) is 11.2 Å². The van der Waals surface area contributed by atoms with Gasteiger partial charge in [-0.15, -0.1) is 0 Å². The number of furan rings is 1. The zero-order chi connectivity index (χ0) is 10.4. The molecule has 0 radical (unpaired) electrons. The molecule has 0 spiro atoms. The minimum atomic E-state index is 0.159. The molecule has 2 N–H and O–H groups in total. The lowest BCUT2D eigenvalue weighted by Gasteiger charge is -2.15. The van der Waals surface area contributed by atoms with Gasteiger partial charge in [0.2, 0.25) is 0 Å². The lowest BCUT2D eigenvalue weighted by atomic mass is 10.00. The monoisotopic (exact) mass is 197 g/mol. The number of rotatable bonds is 6. The first-order valence-corrected chi connectivity index (χ1v) is 4.99. The Morgan fingerprint density at radius 3 is 2.93 bits per heavy atom. The molecule has 1 rings (SSSR count). The second-order valence-electron chi connectivity index (χ2n) is 3.84. The van der Waals surface area contributed by atoms with E-state index < -0.39 is 0 Å². The summed E-state index contributed by atoms with van der Waals surface area (Å²) >= 11 is 0. The number of nitrogens with two attached hydrogens (primary N) is 1. The van der Waals surface area contributed by atoms with E-state index in [4.69, 9.17) is 14.9 Å². The summed E-state index contributed by atoms with van der Waals surface area (Å²) < 4.78 is 10.3. The first-order chi connectivity index (χ1) is 6.72. The van der Waals surface area contributed by atoms with Crippen LogP contribution in [0.25, 0.3) is 0 Å². The van der Waals surface area contributed by atoms with E-state index in [1.807, 2.05) is 12.1 Å². The van der Waals surface area contributed by atoms with Crippen molar-refractivity contribution in [3.05, 3.63) is 24.2 Å². The van der Waals surface area contributed by atoms with Crippen LogP contribution in [0.15, 0.2) is 22.8 Å². The predicted molar refractivity (Wildman–Crippen MR) is 56.0 cm³/mol. The van der Waals surface area contributed by atoms with Crippen molar-refractivity contribution in [2.45, 2.75) is 25.8 Å². The van der Waals surface area contributed by atoms with E-state index in [0.29, 0.717) is 5.92 Å². The van der Waals surface area contributed by atoms with Crippen molar-refractivity contribution in [2.75, 3.05) is 13.7 Å². The highest BCUT2D eigenvalue weighted by molar-refractivity contribution is 5.00. The average Bonchev–Trinajstić information content (AvgIpc) is 2.56. The molecule has 3 heteroatoms. The number of ether oxygens (including phenoxy) is 1. The van der Waals surface area contributed by atoms with E-state index in [1.165, 1.54) is 0 Å². The van der Waals surface area contributed by atoms with Gasteiger partial charge in [0.1, 0.15) is 5.76 Å². The van der Waals surface area contributed by atoms with Crippen molar-refractivity contribution in [1.82, 2.24) is 0 Å². The first-order valence-electron chi connectivity index (χ1n) is 4.99. The predicted octanol–water partition coefficient (Wildman–Crippen LogP) is 1.82. The van der Waals surface area contributed by atoms with Crippen LogP contribution in [-0.4, -0.2) is 19.8 Å². The molecule has 0 saturated carbocycles. The molecule has 80 valence electrons. The Hall–Kier alpha value is -0.800. The highest BCUT2D eigenvalue weighted by atomic mass is 16.5. The second kappa shape index (κ2) is 5.83. The van der Waals surface area contributed by atoms with E-state index in [-0.39, 0.29) is 6.04 Å². The summed E-state index contributed by atoms with van der Waals surface area (Å²) in [6, 6.07) is 4.01. The molecule has 2 unspecified atom stereocenters. The van der Waals surface area contributed by atoms with Gasteiger partial charge in [0.05, 0.1) is 6.26 Å². The van der Waals surface area contributed by atoms with Crippen molar-refractivity contribution in [3.8, 4) is 0 Å². The fourth-order valence-electron chi connectivity index (χ4n) is 1.64. The Balaban J connectivity index is 2.25. The van der Waals surface area contributed by atoms with Gasteiger partial charge in [0.15, 0.2) is 0 Å². The molecule has 0 aromatic carbocycles. The highest BCUT2D eigenvalue weighted by Gasteiger charge is 2.10. The van der Waals surface area contributed by atoms with Crippen LogP contribution in [0.3, 0.4) is 0 Å². The summed E-state index contributed by atoms with van der Waals surface area (Å²) in [6.07, 6.45) is 3.45. The topological polar surface area (TPSA) is 48.4 Å². The van der Waals surface area contributed by atoms with Crippen molar-refractivity contribution in [1.29, 1.82) is 0 Å². The second-order valence-corrected chi connectivity index (χ2v) is 3.84. The summed E-state index contributed by atoms with van der Waals surface area (Å²) in [4.78, 5) is 0. The van der Waals surface area contributed by atoms with Crippen molar-refractivity contribution in [2.24, 2.45) is 11.7 Å². The van der Waals surface area contributed by atoms with Gasteiger partial charge < -0.3 is 14.9 Å². The van der Waals surface area contributed by atoms with Gasteiger partial charge in [-0.1, -0.05) is 6.92 Å². The zero-order valence-electron chi connectivity index (χ0n) is 8.90. The van der Waals surface area contributed by atoms with E-state index >= 15 is 0 Å². The maximum absolute atomic E-state index is 5.98. The molecular weight excluding hydrogens is 178 g/mol. The van der Waals surface area contributed by atoms with Crippen molar-refractivity contribution < 1.29 is 9.15 Å². The largest absolute Gasteiger partial charge is 0.469 e. The Morgan fingerprint density at radius 2 is 2.36 bits per heavy atom. The van der Waals surface area contributed by atoms with Crippen molar-refractivity contribution >= 4 is 0 Å². The van der Waals surface area contributed by atoms with Gasteiger partial charge >= 0.3 is 0 Å². The quantitative estimate of drug-likeness (QED) is 0.756. The van der Waals surface area contributed by atoms with Crippen LogP contribution >= 0.6 is 0 Å². The van der Waals surface area contributed by atoms with Crippen LogP contribution < -0.4 is 5.73 Å². The molecule has 0 amide bonds. The fourth-order valence-corrected chi connectivity index (χ4v) is 1.64. The molecule has 0 aliphatic heterocycles. The molecule has 2 atom stereocenters. The molecule has 14 heavy (non-hydrogen) atoms. The Bertz CT molecular complexity index is 233. The molecular formula is C11H19NO2. The molecule has 3 nitrogen and oxygen atoms in total. The van der Waals surface area contributed by atoms with Gasteiger partial charge in [-0.05, 0) is 24.5 Å². The third-order valence-corrected chi connectivity index (χ3v) is 2.20. The summed E-state index contributed by atoms with van der Waals surface area (Å²) in [6.45, 7) is 2.91. The fraction of sp³-hybridized carbons (Fsp3) is 0.636.